The fourth-order valence-corrected chi connectivity index (χ4v) is 8.38. The second-order valence-electron chi connectivity index (χ2n) is 20.9. The van der Waals surface area contributed by atoms with Crippen LogP contribution in [0.3, 0.4) is 0 Å². The lowest BCUT2D eigenvalue weighted by atomic mass is 10.1. The summed E-state index contributed by atoms with van der Waals surface area (Å²) in [5.74, 6) is -1.04. The highest BCUT2D eigenvalue weighted by molar-refractivity contribution is 5.71. The number of esters is 3. The van der Waals surface area contributed by atoms with E-state index in [2.05, 4.69) is 185 Å². The topological polar surface area (TPSA) is 78.9 Å². The molecule has 0 saturated heterocycles. The largest absolute Gasteiger partial charge is 0.462 e. The maximum absolute atomic E-state index is 12.9. The van der Waals surface area contributed by atoms with E-state index in [4.69, 9.17) is 14.2 Å². The van der Waals surface area contributed by atoms with Crippen molar-refractivity contribution in [2.75, 3.05) is 13.2 Å². The zero-order valence-corrected chi connectivity index (χ0v) is 52.0. The maximum atomic E-state index is 12.9. The van der Waals surface area contributed by atoms with Crippen LogP contribution in [-0.2, 0) is 28.6 Å². The Morgan fingerprint density at radius 3 is 0.827 bits per heavy atom. The molecule has 0 aliphatic carbocycles. The van der Waals surface area contributed by atoms with E-state index in [0.717, 1.165) is 135 Å². The Balaban J connectivity index is 4.58. The summed E-state index contributed by atoms with van der Waals surface area (Å²) in [6.45, 7) is 6.31. The number of hydrogen-bond acceptors (Lipinski definition) is 6. The van der Waals surface area contributed by atoms with E-state index in [1.807, 2.05) is 6.08 Å². The SMILES string of the molecule is CC/C=C\C/C=C\C/C=C\C/C=C\C/C=C\C/C=C\CCCCCCC(=O)OCC(COC(=O)CC/C=C\C/C=C\C/C=C\C/C=C\C/C=C\C/C=C\CC)OC(=O)CCCCCCCCCCC/C=C\C/C=C\CCCCCCC. The highest BCUT2D eigenvalue weighted by atomic mass is 16.6. The van der Waals surface area contributed by atoms with E-state index in [1.165, 1.54) is 83.5 Å². The van der Waals surface area contributed by atoms with Crippen LogP contribution < -0.4 is 0 Å². The molecule has 0 N–H and O–H groups in total. The first kappa shape index (κ1) is 75.8. The van der Waals surface area contributed by atoms with Gasteiger partial charge in [-0.1, -0.05) is 274 Å². The van der Waals surface area contributed by atoms with E-state index in [0.29, 0.717) is 19.3 Å². The Morgan fingerprint density at radius 2 is 0.506 bits per heavy atom. The summed E-state index contributed by atoms with van der Waals surface area (Å²) < 4.78 is 16.9. The molecule has 6 heteroatoms. The molecule has 0 heterocycles. The Hall–Kier alpha value is -5.23. The van der Waals surface area contributed by atoms with Crippen LogP contribution in [0.25, 0.3) is 0 Å². The lowest BCUT2D eigenvalue weighted by Crippen LogP contribution is -2.30. The van der Waals surface area contributed by atoms with Gasteiger partial charge in [0.2, 0.25) is 0 Å². The van der Waals surface area contributed by atoms with Crippen LogP contribution in [-0.4, -0.2) is 37.2 Å². The van der Waals surface area contributed by atoms with Crippen molar-refractivity contribution in [1.82, 2.24) is 0 Å². The Kier molecular flexibility index (Phi) is 62.9. The average Bonchev–Trinajstić information content (AvgIpc) is 3.47. The van der Waals surface area contributed by atoms with Gasteiger partial charge in [-0.15, -0.1) is 0 Å². The van der Waals surface area contributed by atoms with Gasteiger partial charge in [-0.25, -0.2) is 0 Å². The van der Waals surface area contributed by atoms with Crippen molar-refractivity contribution in [2.24, 2.45) is 0 Å². The second-order valence-corrected chi connectivity index (χ2v) is 20.9. The number of rotatable bonds is 57. The van der Waals surface area contributed by atoms with Crippen LogP contribution in [0.1, 0.15) is 265 Å². The van der Waals surface area contributed by atoms with E-state index >= 15 is 0 Å². The van der Waals surface area contributed by atoms with Crippen LogP contribution in [0.2, 0.25) is 0 Å². The minimum atomic E-state index is -0.833. The smallest absolute Gasteiger partial charge is 0.306 e. The Morgan fingerprint density at radius 1 is 0.259 bits per heavy atom. The standard InChI is InChI=1S/C75H118O6/c1-4-7-10-13-16-19-22-25-28-31-34-36-37-39-41-44-47-50-53-56-59-62-65-68-74(77)80-71-72(70-79-73(76)67-64-61-58-55-52-49-46-43-40-33-30-27-24-21-18-15-12-9-6-3)81-75(78)69-66-63-60-57-54-51-48-45-42-38-35-32-29-26-23-20-17-14-11-8-5-2/h7,9-10,12,16,18-19,21,23,25-28,30,32,34-36,39-41,43,47,49-50,52,58,61,72H,4-6,8,11,13-15,17,20,22,24,29,31,33,37-38,42,44-46,48,51,53-57,59-60,62-71H2,1-3H3/b10-7-,12-9-,19-16-,21-18-,26-23-,28-25-,30-27-,35-32-,36-34-,41-39-,43-40-,50-47-,52-49-,61-58-. The minimum Gasteiger partial charge on any atom is -0.462 e. The molecule has 0 aliphatic heterocycles. The molecule has 1 atom stereocenters. The molecule has 0 rings (SSSR count). The van der Waals surface area contributed by atoms with Gasteiger partial charge in [-0.3, -0.25) is 14.4 Å². The van der Waals surface area contributed by atoms with E-state index in [1.54, 1.807) is 0 Å². The van der Waals surface area contributed by atoms with Gasteiger partial charge in [0.15, 0.2) is 6.10 Å². The zero-order valence-electron chi connectivity index (χ0n) is 52.0. The van der Waals surface area contributed by atoms with Crippen LogP contribution in [0.5, 0.6) is 0 Å². The summed E-state index contributed by atoms with van der Waals surface area (Å²) in [5, 5.41) is 0. The van der Waals surface area contributed by atoms with Crippen molar-refractivity contribution in [3.63, 3.8) is 0 Å². The molecule has 0 spiro atoms. The lowest BCUT2D eigenvalue weighted by Gasteiger charge is -2.18. The van der Waals surface area contributed by atoms with Crippen molar-refractivity contribution in [2.45, 2.75) is 271 Å². The zero-order chi connectivity index (χ0) is 58.5. The van der Waals surface area contributed by atoms with E-state index in [-0.39, 0.29) is 37.5 Å². The molecule has 0 aromatic rings. The number of carbonyl (C=O) groups excluding carboxylic acids is 3. The first-order chi connectivity index (χ1) is 40.0. The Bertz CT molecular complexity index is 1860. The Labute approximate surface area is 498 Å². The van der Waals surface area contributed by atoms with Crippen LogP contribution >= 0.6 is 0 Å². The van der Waals surface area contributed by atoms with Gasteiger partial charge in [0, 0.05) is 19.3 Å². The fraction of sp³-hybridized carbons (Fsp3) is 0.587. The lowest BCUT2D eigenvalue weighted by molar-refractivity contribution is -0.166. The van der Waals surface area contributed by atoms with E-state index in [9.17, 15) is 14.4 Å². The molecule has 0 aromatic heterocycles. The van der Waals surface area contributed by atoms with Gasteiger partial charge < -0.3 is 14.2 Å². The first-order valence-corrected chi connectivity index (χ1v) is 32.6. The number of unbranched alkanes of at least 4 members (excludes halogenated alkanes) is 18. The van der Waals surface area contributed by atoms with Gasteiger partial charge in [-0.05, 0) is 141 Å². The average molecular weight is 1120 g/mol. The van der Waals surface area contributed by atoms with Gasteiger partial charge in [0.1, 0.15) is 13.2 Å². The second kappa shape index (κ2) is 67.3. The van der Waals surface area contributed by atoms with Crippen LogP contribution in [0, 0.1) is 0 Å². The highest BCUT2D eigenvalue weighted by Gasteiger charge is 2.19. The molecule has 81 heavy (non-hydrogen) atoms. The summed E-state index contributed by atoms with van der Waals surface area (Å²) in [5.41, 5.74) is 0. The minimum absolute atomic E-state index is 0.124. The number of allylic oxidation sites excluding steroid dienone is 28. The van der Waals surface area contributed by atoms with E-state index < -0.39 is 6.10 Å². The summed E-state index contributed by atoms with van der Waals surface area (Å²) in [7, 11) is 0. The first-order valence-electron chi connectivity index (χ1n) is 32.6. The molecule has 0 amide bonds. The molecule has 6 nitrogen and oxygen atoms in total. The van der Waals surface area contributed by atoms with Crippen LogP contribution in [0.4, 0.5) is 0 Å². The third-order valence-corrected chi connectivity index (χ3v) is 13.2. The monoisotopic (exact) mass is 1110 g/mol. The molecule has 0 bridgehead atoms. The number of hydrogen-bond donors (Lipinski definition) is 0. The van der Waals surface area contributed by atoms with Crippen molar-refractivity contribution in [3.8, 4) is 0 Å². The number of ether oxygens (including phenoxy) is 3. The molecule has 0 radical (unpaired) electrons. The molecular formula is C75H118O6. The van der Waals surface area contributed by atoms with Gasteiger partial charge in [-0.2, -0.15) is 0 Å². The molecule has 0 aromatic carbocycles. The normalized spacial score (nSPS) is 13.3. The maximum Gasteiger partial charge on any atom is 0.306 e. The van der Waals surface area contributed by atoms with Crippen molar-refractivity contribution >= 4 is 17.9 Å². The van der Waals surface area contributed by atoms with Gasteiger partial charge in [0.25, 0.3) is 0 Å². The van der Waals surface area contributed by atoms with Crippen molar-refractivity contribution < 1.29 is 28.6 Å². The quantitative estimate of drug-likeness (QED) is 0.0261. The third kappa shape index (κ3) is 65.5. The van der Waals surface area contributed by atoms with Crippen molar-refractivity contribution in [3.05, 3.63) is 170 Å². The molecule has 1 unspecified atom stereocenters. The summed E-state index contributed by atoms with van der Waals surface area (Å²) in [4.78, 5) is 38.4. The molecule has 0 saturated carbocycles. The van der Waals surface area contributed by atoms with Crippen LogP contribution in [0.15, 0.2) is 170 Å². The highest BCUT2D eigenvalue weighted by Crippen LogP contribution is 2.14. The van der Waals surface area contributed by atoms with Crippen molar-refractivity contribution in [1.29, 1.82) is 0 Å². The number of carbonyl (C=O) groups is 3. The molecule has 0 aliphatic rings. The van der Waals surface area contributed by atoms with Gasteiger partial charge >= 0.3 is 17.9 Å². The summed E-state index contributed by atoms with van der Waals surface area (Å²) in [6, 6.07) is 0. The predicted octanol–water partition coefficient (Wildman–Crippen LogP) is 22.7. The molecule has 454 valence electrons. The predicted molar refractivity (Wildman–Crippen MR) is 352 cm³/mol. The summed E-state index contributed by atoms with van der Waals surface area (Å²) in [6.07, 6.45) is 99.3. The third-order valence-electron chi connectivity index (χ3n) is 13.2. The molecular weight excluding hydrogens is 997 g/mol. The molecule has 0 fully saturated rings. The summed E-state index contributed by atoms with van der Waals surface area (Å²) >= 11 is 0. The van der Waals surface area contributed by atoms with Gasteiger partial charge in [0.05, 0.1) is 0 Å². The fourth-order valence-electron chi connectivity index (χ4n) is 8.38.